The van der Waals surface area contributed by atoms with Crippen LogP contribution < -0.4 is 5.32 Å². The van der Waals surface area contributed by atoms with Gasteiger partial charge in [0.15, 0.2) is 0 Å². The first kappa shape index (κ1) is 13.8. The van der Waals surface area contributed by atoms with Crippen LogP contribution in [0.2, 0.25) is 5.02 Å². The SMILES string of the molecule is CC(SC1=NCCS1)C(=O)Nc1ccc(Cl)cc1. The van der Waals surface area contributed by atoms with E-state index in [1.54, 1.807) is 36.0 Å². The van der Waals surface area contributed by atoms with Gasteiger partial charge in [-0.3, -0.25) is 9.79 Å². The molecule has 0 radical (unpaired) electrons. The zero-order valence-electron chi connectivity index (χ0n) is 9.85. The lowest BCUT2D eigenvalue weighted by Gasteiger charge is -2.11. The van der Waals surface area contributed by atoms with Crippen LogP contribution in [0.5, 0.6) is 0 Å². The molecular formula is C12H13ClN2OS2. The van der Waals surface area contributed by atoms with Crippen LogP contribution in [0.4, 0.5) is 5.69 Å². The summed E-state index contributed by atoms with van der Waals surface area (Å²) in [5.41, 5.74) is 0.762. The maximum Gasteiger partial charge on any atom is 0.237 e. The molecule has 1 aliphatic rings. The quantitative estimate of drug-likeness (QED) is 0.929. The highest BCUT2D eigenvalue weighted by atomic mass is 35.5. The Morgan fingerprint density at radius 1 is 1.50 bits per heavy atom. The first-order chi connectivity index (χ1) is 8.65. The van der Waals surface area contributed by atoms with Crippen molar-refractivity contribution < 1.29 is 4.79 Å². The average molecular weight is 301 g/mol. The van der Waals surface area contributed by atoms with Crippen molar-refractivity contribution in [2.75, 3.05) is 17.6 Å². The van der Waals surface area contributed by atoms with E-state index in [0.29, 0.717) is 5.02 Å². The minimum absolute atomic E-state index is 0.0162. The molecule has 18 heavy (non-hydrogen) atoms. The molecule has 1 amide bonds. The van der Waals surface area contributed by atoms with Crippen molar-refractivity contribution in [1.82, 2.24) is 0 Å². The molecule has 3 nitrogen and oxygen atoms in total. The predicted octanol–water partition coefficient (Wildman–Crippen LogP) is 3.50. The van der Waals surface area contributed by atoms with Crippen LogP contribution in [0.15, 0.2) is 29.3 Å². The highest BCUT2D eigenvalue weighted by Crippen LogP contribution is 2.26. The van der Waals surface area contributed by atoms with E-state index in [1.165, 1.54) is 11.8 Å². The maximum atomic E-state index is 12.0. The van der Waals surface area contributed by atoms with Gasteiger partial charge in [0, 0.05) is 16.5 Å². The van der Waals surface area contributed by atoms with Crippen molar-refractivity contribution in [2.24, 2.45) is 4.99 Å². The fourth-order valence-corrected chi connectivity index (χ4v) is 3.62. The molecule has 0 spiro atoms. The number of carbonyl (C=O) groups excluding carboxylic acids is 1. The summed E-state index contributed by atoms with van der Waals surface area (Å²) in [5.74, 6) is 1.01. The summed E-state index contributed by atoms with van der Waals surface area (Å²) in [6, 6.07) is 7.09. The zero-order valence-corrected chi connectivity index (χ0v) is 12.2. The third-order valence-corrected chi connectivity index (χ3v) is 4.87. The van der Waals surface area contributed by atoms with E-state index in [9.17, 15) is 4.79 Å². The van der Waals surface area contributed by atoms with E-state index in [0.717, 1.165) is 22.4 Å². The Kier molecular flexibility index (Phi) is 4.97. The lowest BCUT2D eigenvalue weighted by Crippen LogP contribution is -2.23. The highest BCUT2D eigenvalue weighted by molar-refractivity contribution is 8.39. The van der Waals surface area contributed by atoms with Crippen LogP contribution in [0, 0.1) is 0 Å². The Morgan fingerprint density at radius 3 is 2.83 bits per heavy atom. The molecule has 0 aliphatic carbocycles. The van der Waals surface area contributed by atoms with E-state index in [-0.39, 0.29) is 11.2 Å². The Balaban J connectivity index is 1.88. The molecule has 0 bridgehead atoms. The van der Waals surface area contributed by atoms with Crippen LogP contribution >= 0.6 is 35.1 Å². The van der Waals surface area contributed by atoms with Crippen molar-refractivity contribution in [2.45, 2.75) is 12.2 Å². The molecule has 1 aromatic rings. The molecule has 1 N–H and O–H groups in total. The summed E-state index contributed by atoms with van der Waals surface area (Å²) in [5, 5.41) is 3.37. The summed E-state index contributed by atoms with van der Waals surface area (Å²) >= 11 is 9.01. The summed E-state index contributed by atoms with van der Waals surface area (Å²) in [4.78, 5) is 16.3. The summed E-state index contributed by atoms with van der Waals surface area (Å²) in [6.07, 6.45) is 0. The highest BCUT2D eigenvalue weighted by Gasteiger charge is 2.18. The fourth-order valence-electron chi connectivity index (χ4n) is 1.37. The van der Waals surface area contributed by atoms with Crippen LogP contribution in [0.25, 0.3) is 0 Å². The standard InChI is InChI=1S/C12H13ClN2OS2/c1-8(18-12-14-6-7-17-12)11(16)15-10-4-2-9(13)3-5-10/h2-5,8H,6-7H2,1H3,(H,15,16). The Morgan fingerprint density at radius 2 is 2.22 bits per heavy atom. The molecule has 0 aromatic heterocycles. The first-order valence-electron chi connectivity index (χ1n) is 5.55. The van der Waals surface area contributed by atoms with E-state index in [4.69, 9.17) is 11.6 Å². The number of hydrogen-bond acceptors (Lipinski definition) is 4. The average Bonchev–Trinajstić information content (AvgIpc) is 2.85. The lowest BCUT2D eigenvalue weighted by molar-refractivity contribution is -0.115. The first-order valence-corrected chi connectivity index (χ1v) is 7.80. The molecule has 0 saturated carbocycles. The van der Waals surface area contributed by atoms with Gasteiger partial charge in [-0.05, 0) is 31.2 Å². The van der Waals surface area contributed by atoms with Crippen LogP contribution in [-0.2, 0) is 4.79 Å². The Bertz CT molecular complexity index is 462. The van der Waals surface area contributed by atoms with E-state index >= 15 is 0 Å². The van der Waals surface area contributed by atoms with Crippen molar-refractivity contribution in [3.63, 3.8) is 0 Å². The minimum Gasteiger partial charge on any atom is -0.325 e. The predicted molar refractivity (Wildman–Crippen MR) is 81.9 cm³/mol. The maximum absolute atomic E-state index is 12.0. The number of hydrogen-bond donors (Lipinski definition) is 1. The second kappa shape index (κ2) is 6.50. The second-order valence-corrected chi connectivity index (χ2v) is 6.86. The number of thioether (sulfide) groups is 2. The number of carbonyl (C=O) groups is 1. The number of benzene rings is 1. The molecule has 0 saturated heterocycles. The number of rotatable bonds is 3. The summed E-state index contributed by atoms with van der Waals surface area (Å²) in [7, 11) is 0. The van der Waals surface area contributed by atoms with Crippen LogP contribution in [-0.4, -0.2) is 27.8 Å². The summed E-state index contributed by atoms with van der Waals surface area (Å²) in [6.45, 7) is 2.75. The molecule has 1 heterocycles. The molecule has 1 aliphatic heterocycles. The van der Waals surface area contributed by atoms with Gasteiger partial charge < -0.3 is 5.32 Å². The third kappa shape index (κ3) is 3.93. The molecule has 0 fully saturated rings. The number of nitrogens with zero attached hydrogens (tertiary/aromatic N) is 1. The van der Waals surface area contributed by atoms with Gasteiger partial charge in [-0.1, -0.05) is 35.1 Å². The van der Waals surface area contributed by atoms with Gasteiger partial charge in [-0.15, -0.1) is 0 Å². The Hall–Kier alpha value is -0.650. The molecule has 96 valence electrons. The fraction of sp³-hybridized carbons (Fsp3) is 0.333. The van der Waals surface area contributed by atoms with Gasteiger partial charge in [0.2, 0.25) is 5.91 Å². The van der Waals surface area contributed by atoms with Gasteiger partial charge in [0.25, 0.3) is 0 Å². The molecule has 2 rings (SSSR count). The van der Waals surface area contributed by atoms with Crippen molar-refractivity contribution in [3.8, 4) is 0 Å². The van der Waals surface area contributed by atoms with Crippen molar-refractivity contribution in [3.05, 3.63) is 29.3 Å². The number of halogens is 1. The lowest BCUT2D eigenvalue weighted by atomic mass is 10.3. The van der Waals surface area contributed by atoms with Crippen LogP contribution in [0.3, 0.4) is 0 Å². The van der Waals surface area contributed by atoms with Gasteiger partial charge in [-0.2, -0.15) is 0 Å². The number of aliphatic imine (C=N–C) groups is 1. The second-order valence-electron chi connectivity index (χ2n) is 3.75. The van der Waals surface area contributed by atoms with E-state index in [1.807, 2.05) is 6.92 Å². The van der Waals surface area contributed by atoms with Gasteiger partial charge in [0.05, 0.1) is 11.8 Å². The molecule has 1 unspecified atom stereocenters. The smallest absolute Gasteiger partial charge is 0.237 e. The molecule has 1 aromatic carbocycles. The minimum atomic E-state index is -0.148. The molecule has 1 atom stereocenters. The van der Waals surface area contributed by atoms with Gasteiger partial charge in [-0.25, -0.2) is 0 Å². The van der Waals surface area contributed by atoms with E-state index in [2.05, 4.69) is 10.3 Å². The van der Waals surface area contributed by atoms with Crippen molar-refractivity contribution >= 4 is 51.1 Å². The summed E-state index contributed by atoms with van der Waals surface area (Å²) < 4.78 is 1.01. The van der Waals surface area contributed by atoms with Gasteiger partial charge in [0.1, 0.15) is 4.38 Å². The largest absolute Gasteiger partial charge is 0.325 e. The van der Waals surface area contributed by atoms with E-state index < -0.39 is 0 Å². The molecule has 6 heteroatoms. The van der Waals surface area contributed by atoms with Crippen molar-refractivity contribution in [1.29, 1.82) is 0 Å². The normalized spacial score (nSPS) is 16.2. The molecular weight excluding hydrogens is 288 g/mol. The van der Waals surface area contributed by atoms with Crippen LogP contribution in [0.1, 0.15) is 6.92 Å². The zero-order chi connectivity index (χ0) is 13.0. The topological polar surface area (TPSA) is 41.5 Å². The monoisotopic (exact) mass is 300 g/mol. The number of nitrogens with one attached hydrogen (secondary N) is 1. The van der Waals surface area contributed by atoms with Gasteiger partial charge >= 0.3 is 0 Å². The number of amides is 1. The number of anilines is 1. The Labute approximate surface area is 120 Å². The third-order valence-electron chi connectivity index (χ3n) is 2.32.